The van der Waals surface area contributed by atoms with Crippen LogP contribution in [0, 0.1) is 0 Å². The van der Waals surface area contributed by atoms with Crippen molar-refractivity contribution >= 4 is 11.8 Å². The molecule has 0 radical (unpaired) electrons. The summed E-state index contributed by atoms with van der Waals surface area (Å²) in [7, 11) is 0. The van der Waals surface area contributed by atoms with Crippen molar-refractivity contribution in [2.24, 2.45) is 4.99 Å². The Kier molecular flexibility index (Phi) is 6.69. The van der Waals surface area contributed by atoms with Gasteiger partial charge in [0.15, 0.2) is 5.96 Å². The van der Waals surface area contributed by atoms with Crippen LogP contribution in [0.3, 0.4) is 0 Å². The van der Waals surface area contributed by atoms with Gasteiger partial charge in [-0.3, -0.25) is 0 Å². The van der Waals surface area contributed by atoms with Crippen molar-refractivity contribution in [3.05, 3.63) is 53.7 Å². The minimum Gasteiger partial charge on any atom is -0.488 e. The van der Waals surface area contributed by atoms with Crippen LogP contribution >= 0.6 is 0 Å². The predicted octanol–water partition coefficient (Wildman–Crippen LogP) is 2.37. The van der Waals surface area contributed by atoms with E-state index < -0.39 is 0 Å². The van der Waals surface area contributed by atoms with E-state index in [0.29, 0.717) is 13.1 Å². The molecule has 2 aliphatic heterocycles. The number of pyridine rings is 1. The summed E-state index contributed by atoms with van der Waals surface area (Å²) < 4.78 is 11.7. The second kappa shape index (κ2) is 9.80. The molecule has 2 aromatic rings. The highest BCUT2D eigenvalue weighted by Crippen LogP contribution is 2.27. The van der Waals surface area contributed by atoms with Crippen molar-refractivity contribution in [2.75, 3.05) is 37.7 Å². The Bertz CT molecular complexity index is 847. The molecule has 30 heavy (non-hydrogen) atoms. The van der Waals surface area contributed by atoms with Crippen molar-refractivity contribution in [1.82, 2.24) is 15.6 Å². The van der Waals surface area contributed by atoms with Gasteiger partial charge in [-0.05, 0) is 43.2 Å². The summed E-state index contributed by atoms with van der Waals surface area (Å²) in [5, 5.41) is 6.75. The average molecular weight is 410 g/mol. The van der Waals surface area contributed by atoms with Gasteiger partial charge in [-0.2, -0.15) is 0 Å². The first-order valence-electron chi connectivity index (χ1n) is 10.8. The van der Waals surface area contributed by atoms with E-state index in [0.717, 1.165) is 55.8 Å². The van der Waals surface area contributed by atoms with Crippen LogP contribution in [0.4, 0.5) is 5.82 Å². The van der Waals surface area contributed by atoms with Gasteiger partial charge in [0.05, 0.1) is 25.8 Å². The number of morpholine rings is 1. The van der Waals surface area contributed by atoms with Crippen LogP contribution in [0.25, 0.3) is 0 Å². The van der Waals surface area contributed by atoms with Crippen LogP contribution in [-0.4, -0.2) is 55.9 Å². The van der Waals surface area contributed by atoms with E-state index in [1.807, 2.05) is 24.4 Å². The standard InChI is InChI=1S/C23H31N5O2/c1-3-24-23(27-15-20-13-19-6-4-5-7-21(19)30-20)26-14-18-8-9-25-22(12-18)28-10-11-29-17(2)16-28/h4-9,12,17,20H,3,10-11,13-16H2,1-2H3,(H2,24,26,27). The molecule has 3 heterocycles. The number of guanidine groups is 1. The quantitative estimate of drug-likeness (QED) is 0.564. The first-order valence-corrected chi connectivity index (χ1v) is 10.8. The van der Waals surface area contributed by atoms with Gasteiger partial charge in [-0.25, -0.2) is 9.98 Å². The van der Waals surface area contributed by atoms with Crippen molar-refractivity contribution in [3.63, 3.8) is 0 Å². The molecule has 1 saturated heterocycles. The van der Waals surface area contributed by atoms with E-state index in [2.05, 4.69) is 52.6 Å². The van der Waals surface area contributed by atoms with E-state index in [4.69, 9.17) is 14.5 Å². The Labute approximate surface area is 178 Å². The second-order valence-corrected chi connectivity index (χ2v) is 7.78. The van der Waals surface area contributed by atoms with Crippen LogP contribution in [0.1, 0.15) is 25.0 Å². The lowest BCUT2D eigenvalue weighted by Crippen LogP contribution is -2.42. The third kappa shape index (κ3) is 5.21. The largest absolute Gasteiger partial charge is 0.488 e. The number of hydrogen-bond acceptors (Lipinski definition) is 5. The van der Waals surface area contributed by atoms with Crippen LogP contribution in [0.15, 0.2) is 47.6 Å². The van der Waals surface area contributed by atoms with Gasteiger partial charge in [0.25, 0.3) is 0 Å². The van der Waals surface area contributed by atoms with E-state index in [-0.39, 0.29) is 12.2 Å². The second-order valence-electron chi connectivity index (χ2n) is 7.78. The van der Waals surface area contributed by atoms with Crippen molar-refractivity contribution in [3.8, 4) is 5.75 Å². The molecule has 2 aliphatic rings. The molecule has 2 unspecified atom stereocenters. The highest BCUT2D eigenvalue weighted by atomic mass is 16.5. The van der Waals surface area contributed by atoms with Crippen LogP contribution < -0.4 is 20.3 Å². The molecule has 7 heteroatoms. The smallest absolute Gasteiger partial charge is 0.191 e. The Balaban J connectivity index is 1.34. The normalized spacial score (nSPS) is 21.1. The SMILES string of the molecule is CCNC(=NCc1ccnc(N2CCOC(C)C2)c1)NCC1Cc2ccccc2O1. The van der Waals surface area contributed by atoms with Gasteiger partial charge >= 0.3 is 0 Å². The van der Waals surface area contributed by atoms with Gasteiger partial charge in [0, 0.05) is 32.3 Å². The van der Waals surface area contributed by atoms with E-state index >= 15 is 0 Å². The highest BCUT2D eigenvalue weighted by molar-refractivity contribution is 5.79. The molecule has 160 valence electrons. The summed E-state index contributed by atoms with van der Waals surface area (Å²) in [4.78, 5) is 11.6. The fourth-order valence-electron chi connectivity index (χ4n) is 3.85. The average Bonchev–Trinajstić information content (AvgIpc) is 3.19. The van der Waals surface area contributed by atoms with E-state index in [1.165, 1.54) is 5.56 Å². The molecule has 0 saturated carbocycles. The van der Waals surface area contributed by atoms with Crippen molar-refractivity contribution in [1.29, 1.82) is 0 Å². The molecule has 1 aromatic carbocycles. The number of aromatic nitrogens is 1. The number of benzene rings is 1. The Hall–Kier alpha value is -2.80. The minimum atomic E-state index is 0.127. The Morgan fingerprint density at radius 2 is 2.17 bits per heavy atom. The zero-order chi connectivity index (χ0) is 20.8. The van der Waals surface area contributed by atoms with Gasteiger partial charge in [-0.1, -0.05) is 18.2 Å². The summed E-state index contributed by atoms with van der Waals surface area (Å²) >= 11 is 0. The summed E-state index contributed by atoms with van der Waals surface area (Å²) in [6.07, 6.45) is 3.15. The monoisotopic (exact) mass is 409 g/mol. The van der Waals surface area contributed by atoms with Gasteiger partial charge in [0.2, 0.25) is 0 Å². The fourth-order valence-corrected chi connectivity index (χ4v) is 3.85. The minimum absolute atomic E-state index is 0.127. The lowest BCUT2D eigenvalue weighted by Gasteiger charge is -2.32. The van der Waals surface area contributed by atoms with Gasteiger partial charge in [0.1, 0.15) is 17.7 Å². The molecule has 2 atom stereocenters. The number of aliphatic imine (C=N–C) groups is 1. The molecule has 2 N–H and O–H groups in total. The number of hydrogen-bond donors (Lipinski definition) is 2. The molecule has 0 spiro atoms. The summed E-state index contributed by atoms with van der Waals surface area (Å²) in [6, 6.07) is 12.4. The summed E-state index contributed by atoms with van der Waals surface area (Å²) in [5.41, 5.74) is 2.41. The Morgan fingerprint density at radius 3 is 3.00 bits per heavy atom. The molecule has 0 bridgehead atoms. The van der Waals surface area contributed by atoms with Crippen molar-refractivity contribution < 1.29 is 9.47 Å². The maximum absolute atomic E-state index is 6.02. The topological polar surface area (TPSA) is 71.0 Å². The molecule has 4 rings (SSSR count). The number of nitrogens with zero attached hydrogens (tertiary/aromatic N) is 3. The molecule has 7 nitrogen and oxygen atoms in total. The zero-order valence-electron chi connectivity index (χ0n) is 17.8. The lowest BCUT2D eigenvalue weighted by molar-refractivity contribution is 0.0529. The van der Waals surface area contributed by atoms with Gasteiger partial charge in [-0.15, -0.1) is 0 Å². The molecular weight excluding hydrogens is 378 g/mol. The number of rotatable bonds is 6. The number of fused-ring (bicyclic) bond motifs is 1. The molecule has 0 aliphatic carbocycles. The van der Waals surface area contributed by atoms with Crippen LogP contribution in [-0.2, 0) is 17.7 Å². The molecule has 1 fully saturated rings. The van der Waals surface area contributed by atoms with E-state index in [9.17, 15) is 0 Å². The third-order valence-corrected chi connectivity index (χ3v) is 5.35. The summed E-state index contributed by atoms with van der Waals surface area (Å²) in [5.74, 6) is 2.79. The zero-order valence-corrected chi connectivity index (χ0v) is 17.8. The molecule has 0 amide bonds. The first kappa shape index (κ1) is 20.5. The van der Waals surface area contributed by atoms with E-state index in [1.54, 1.807) is 0 Å². The van der Waals surface area contributed by atoms with Gasteiger partial charge < -0.3 is 25.0 Å². The maximum Gasteiger partial charge on any atom is 0.191 e. The molecule has 1 aromatic heterocycles. The Morgan fingerprint density at radius 1 is 1.27 bits per heavy atom. The van der Waals surface area contributed by atoms with Crippen LogP contribution in [0.2, 0.25) is 0 Å². The molecular formula is C23H31N5O2. The number of anilines is 1. The number of ether oxygens (including phenoxy) is 2. The fraction of sp³-hybridized carbons (Fsp3) is 0.478. The summed E-state index contributed by atoms with van der Waals surface area (Å²) in [6.45, 7) is 8.78. The van der Waals surface area contributed by atoms with Crippen molar-refractivity contribution in [2.45, 2.75) is 39.0 Å². The lowest BCUT2D eigenvalue weighted by atomic mass is 10.1. The van der Waals surface area contributed by atoms with Crippen LogP contribution in [0.5, 0.6) is 5.75 Å². The number of para-hydroxylation sites is 1. The number of nitrogens with one attached hydrogen (secondary N) is 2. The third-order valence-electron chi connectivity index (χ3n) is 5.35. The predicted molar refractivity (Wildman–Crippen MR) is 119 cm³/mol. The maximum atomic E-state index is 6.02. The first-order chi connectivity index (χ1) is 14.7. The highest BCUT2D eigenvalue weighted by Gasteiger charge is 2.22.